The van der Waals surface area contributed by atoms with Crippen LogP contribution in [0.15, 0.2) is 18.2 Å². The predicted molar refractivity (Wildman–Crippen MR) is 66.8 cm³/mol. The van der Waals surface area contributed by atoms with Crippen molar-refractivity contribution in [3.05, 3.63) is 34.9 Å². The normalized spacial score (nSPS) is 13.4. The fourth-order valence-corrected chi connectivity index (χ4v) is 1.81. The van der Waals surface area contributed by atoms with Crippen LogP contribution in [0.1, 0.15) is 29.2 Å². The number of nitrogens with two attached hydrogens (primary N) is 1. The topological polar surface area (TPSA) is 78.9 Å². The first kappa shape index (κ1) is 18.8. The fraction of sp³-hybridized carbons (Fsp3) is 0.385. The molecule has 0 saturated carbocycles. The minimum absolute atomic E-state index is 0.272. The monoisotopic (exact) mass is 339 g/mol. The van der Waals surface area contributed by atoms with Crippen LogP contribution in [0.3, 0.4) is 0 Å². The summed E-state index contributed by atoms with van der Waals surface area (Å²) in [6, 6.07) is 2.21. The number of carbonyl (C=O) groups is 1. The van der Waals surface area contributed by atoms with Crippen molar-refractivity contribution in [1.29, 1.82) is 5.26 Å². The van der Waals surface area contributed by atoms with E-state index in [-0.39, 0.29) is 5.56 Å². The third-order valence-electron chi connectivity index (χ3n) is 2.84. The van der Waals surface area contributed by atoms with Crippen LogP contribution in [-0.2, 0) is 11.0 Å². The number of benzene rings is 1. The first-order chi connectivity index (χ1) is 10.5. The van der Waals surface area contributed by atoms with E-state index in [2.05, 4.69) is 5.32 Å². The van der Waals surface area contributed by atoms with E-state index in [1.165, 1.54) is 6.07 Å². The summed E-state index contributed by atoms with van der Waals surface area (Å²) in [7, 11) is 0. The number of amides is 1. The van der Waals surface area contributed by atoms with E-state index < -0.39 is 48.4 Å². The van der Waals surface area contributed by atoms with E-state index in [0.717, 1.165) is 12.1 Å². The molecule has 0 aliphatic rings. The number of hydrogen-bond acceptors (Lipinski definition) is 3. The Morgan fingerprint density at radius 3 is 2.30 bits per heavy atom. The summed E-state index contributed by atoms with van der Waals surface area (Å²) in [6.07, 6.45) is -10.6. The summed E-state index contributed by atoms with van der Waals surface area (Å²) in [5.74, 6) is -1.13. The molecule has 1 unspecified atom stereocenters. The van der Waals surface area contributed by atoms with Gasteiger partial charge in [-0.3, -0.25) is 4.79 Å². The molecule has 4 nitrogen and oxygen atoms in total. The smallest absolute Gasteiger partial charge is 0.368 e. The van der Waals surface area contributed by atoms with Crippen molar-refractivity contribution in [3.63, 3.8) is 0 Å². The van der Waals surface area contributed by atoms with Crippen LogP contribution in [0.2, 0.25) is 0 Å². The van der Waals surface area contributed by atoms with Crippen LogP contribution < -0.4 is 11.1 Å². The van der Waals surface area contributed by atoms with E-state index in [4.69, 9.17) is 11.0 Å². The Morgan fingerprint density at radius 2 is 1.87 bits per heavy atom. The first-order valence-corrected chi connectivity index (χ1v) is 6.16. The van der Waals surface area contributed by atoms with Gasteiger partial charge in [0, 0.05) is 6.54 Å². The van der Waals surface area contributed by atoms with E-state index in [1.54, 1.807) is 0 Å². The van der Waals surface area contributed by atoms with Gasteiger partial charge in [0.1, 0.15) is 6.04 Å². The van der Waals surface area contributed by atoms with Crippen molar-refractivity contribution in [2.24, 2.45) is 5.73 Å². The van der Waals surface area contributed by atoms with Crippen LogP contribution in [0.25, 0.3) is 0 Å². The minimum atomic E-state index is -4.85. The Bertz CT molecular complexity index is 618. The molecule has 0 heterocycles. The van der Waals surface area contributed by atoms with Gasteiger partial charge in [-0.25, -0.2) is 0 Å². The Hall–Kier alpha value is -2.28. The van der Waals surface area contributed by atoms with Gasteiger partial charge in [0.15, 0.2) is 0 Å². The van der Waals surface area contributed by atoms with Crippen molar-refractivity contribution in [1.82, 2.24) is 5.32 Å². The van der Waals surface area contributed by atoms with Crippen molar-refractivity contribution in [2.45, 2.75) is 24.8 Å². The Morgan fingerprint density at radius 1 is 1.26 bits per heavy atom. The summed E-state index contributed by atoms with van der Waals surface area (Å²) >= 11 is 0. The van der Waals surface area contributed by atoms with E-state index in [9.17, 15) is 31.1 Å². The molecule has 0 fully saturated rings. The van der Waals surface area contributed by atoms with Crippen LogP contribution in [0.5, 0.6) is 0 Å². The Kier molecular flexibility index (Phi) is 5.60. The maximum absolute atomic E-state index is 12.9. The Balaban J connectivity index is 3.09. The number of alkyl halides is 6. The molecule has 126 valence electrons. The highest BCUT2D eigenvalue weighted by Gasteiger charge is 2.35. The van der Waals surface area contributed by atoms with E-state index in [1.807, 2.05) is 0 Å². The lowest BCUT2D eigenvalue weighted by Crippen LogP contribution is -2.35. The van der Waals surface area contributed by atoms with Crippen LogP contribution >= 0.6 is 0 Å². The standard InChI is InChI=1S/C13H11F6N3O/c14-12(15,16)3-4-22-10(11(21)23)7-1-2-8(6-20)9(5-7)13(17,18)19/h1-2,5,10,22H,3-4H2,(H2,21,23). The zero-order chi connectivity index (χ0) is 17.8. The molecule has 3 N–H and O–H groups in total. The maximum Gasteiger partial charge on any atom is 0.417 e. The number of hydrogen-bond donors (Lipinski definition) is 2. The molecule has 1 atom stereocenters. The van der Waals surface area contributed by atoms with Gasteiger partial charge in [0.25, 0.3) is 0 Å². The molecule has 0 saturated heterocycles. The summed E-state index contributed by atoms with van der Waals surface area (Å²) in [5, 5.41) is 10.8. The second-order valence-corrected chi connectivity index (χ2v) is 4.57. The zero-order valence-corrected chi connectivity index (χ0v) is 11.4. The number of carbonyl (C=O) groups excluding carboxylic acids is 1. The largest absolute Gasteiger partial charge is 0.417 e. The van der Waals surface area contributed by atoms with Gasteiger partial charge >= 0.3 is 12.4 Å². The van der Waals surface area contributed by atoms with Gasteiger partial charge in [-0.05, 0) is 17.7 Å². The maximum atomic E-state index is 12.9. The molecule has 1 aromatic rings. The third kappa shape index (κ3) is 5.45. The second-order valence-electron chi connectivity index (χ2n) is 4.57. The first-order valence-electron chi connectivity index (χ1n) is 6.16. The van der Waals surface area contributed by atoms with Gasteiger partial charge in [-0.1, -0.05) is 6.07 Å². The molecule has 0 aliphatic carbocycles. The van der Waals surface area contributed by atoms with Gasteiger partial charge in [0.2, 0.25) is 5.91 Å². The summed E-state index contributed by atoms with van der Waals surface area (Å²) in [4.78, 5) is 11.3. The van der Waals surface area contributed by atoms with Gasteiger partial charge < -0.3 is 11.1 Å². The summed E-state index contributed by atoms with van der Waals surface area (Å²) < 4.78 is 74.8. The Labute approximate surface area is 126 Å². The van der Waals surface area contributed by atoms with Gasteiger partial charge in [0.05, 0.1) is 23.6 Å². The molecule has 0 spiro atoms. The number of nitriles is 1. The lowest BCUT2D eigenvalue weighted by Gasteiger charge is -2.18. The van der Waals surface area contributed by atoms with Gasteiger partial charge in [-0.2, -0.15) is 31.6 Å². The fourth-order valence-electron chi connectivity index (χ4n) is 1.81. The lowest BCUT2D eigenvalue weighted by molar-refractivity contribution is -0.138. The lowest BCUT2D eigenvalue weighted by atomic mass is 9.99. The molecule has 1 rings (SSSR count). The van der Waals surface area contributed by atoms with Crippen LogP contribution in [0, 0.1) is 11.3 Å². The molecular weight excluding hydrogens is 328 g/mol. The highest BCUT2D eigenvalue weighted by molar-refractivity contribution is 5.81. The van der Waals surface area contributed by atoms with E-state index in [0.29, 0.717) is 6.07 Å². The SMILES string of the molecule is N#Cc1ccc(C(NCCC(F)(F)F)C(N)=O)cc1C(F)(F)F. The highest BCUT2D eigenvalue weighted by atomic mass is 19.4. The second kappa shape index (κ2) is 6.87. The molecule has 23 heavy (non-hydrogen) atoms. The molecule has 1 amide bonds. The molecule has 0 aliphatic heterocycles. The zero-order valence-electron chi connectivity index (χ0n) is 11.4. The predicted octanol–water partition coefficient (Wildman–Crippen LogP) is 2.65. The molecule has 10 heteroatoms. The summed E-state index contributed by atoms with van der Waals surface area (Å²) in [6.45, 7) is -0.696. The number of nitrogens with zero attached hydrogens (tertiary/aromatic N) is 1. The minimum Gasteiger partial charge on any atom is -0.368 e. The average molecular weight is 339 g/mol. The van der Waals surface area contributed by atoms with Crippen molar-refractivity contribution >= 4 is 5.91 Å². The highest BCUT2D eigenvalue weighted by Crippen LogP contribution is 2.33. The van der Waals surface area contributed by atoms with Crippen LogP contribution in [0.4, 0.5) is 26.3 Å². The number of rotatable bonds is 5. The molecule has 0 aromatic heterocycles. The van der Waals surface area contributed by atoms with E-state index >= 15 is 0 Å². The van der Waals surface area contributed by atoms with Gasteiger partial charge in [-0.15, -0.1) is 0 Å². The number of primary amides is 1. The molecular formula is C13H11F6N3O. The number of nitrogens with one attached hydrogen (secondary N) is 1. The average Bonchev–Trinajstić information content (AvgIpc) is 2.40. The third-order valence-corrected chi connectivity index (χ3v) is 2.84. The van der Waals surface area contributed by atoms with Crippen molar-refractivity contribution in [2.75, 3.05) is 6.54 Å². The summed E-state index contributed by atoms with van der Waals surface area (Å²) in [5.41, 5.74) is 2.79. The van der Waals surface area contributed by atoms with Crippen molar-refractivity contribution in [3.8, 4) is 6.07 Å². The van der Waals surface area contributed by atoms with Crippen LogP contribution in [-0.4, -0.2) is 18.6 Å². The molecule has 1 aromatic carbocycles. The number of halogens is 6. The molecule has 0 bridgehead atoms. The molecule has 0 radical (unpaired) electrons. The van der Waals surface area contributed by atoms with Crippen molar-refractivity contribution < 1.29 is 31.1 Å². The quantitative estimate of drug-likeness (QED) is 0.810.